The van der Waals surface area contributed by atoms with Crippen molar-refractivity contribution in [2.45, 2.75) is 65.2 Å². The average molecular weight is 497 g/mol. The largest absolute Gasteiger partial charge is 0.407 e. The molecule has 0 aliphatic heterocycles. The first-order valence-corrected chi connectivity index (χ1v) is 14.5. The molecule has 35 heavy (non-hydrogen) atoms. The van der Waals surface area contributed by atoms with Gasteiger partial charge in [-0.1, -0.05) is 101 Å². The van der Waals surface area contributed by atoms with Gasteiger partial charge in [-0.05, 0) is 40.2 Å². The van der Waals surface area contributed by atoms with E-state index in [2.05, 4.69) is 95.3 Å². The maximum atomic E-state index is 11.1. The van der Waals surface area contributed by atoms with E-state index >= 15 is 0 Å². The van der Waals surface area contributed by atoms with Gasteiger partial charge >= 0.3 is 0 Å². The van der Waals surface area contributed by atoms with Gasteiger partial charge in [0.25, 0.3) is 8.32 Å². The third kappa shape index (κ3) is 7.23. The van der Waals surface area contributed by atoms with Gasteiger partial charge in [-0.3, -0.25) is 4.79 Å². The molecule has 2 aromatic rings. The molecule has 0 saturated carbocycles. The molecular formula is C30H44O4Si. The van der Waals surface area contributed by atoms with Crippen molar-refractivity contribution in [3.8, 4) is 0 Å². The Hall–Kier alpha value is -2.05. The topological polar surface area (TPSA) is 44.8 Å². The highest BCUT2D eigenvalue weighted by Gasteiger charge is 2.50. The van der Waals surface area contributed by atoms with Crippen LogP contribution in [0.4, 0.5) is 0 Å². The molecule has 0 N–H and O–H groups in total. The second kappa shape index (κ2) is 13.3. The highest BCUT2D eigenvalue weighted by molar-refractivity contribution is 6.99. The van der Waals surface area contributed by atoms with E-state index in [0.29, 0.717) is 12.2 Å². The first-order valence-electron chi connectivity index (χ1n) is 12.5. The van der Waals surface area contributed by atoms with Crippen molar-refractivity contribution >= 4 is 25.0 Å². The van der Waals surface area contributed by atoms with E-state index in [1.54, 1.807) is 14.2 Å². The Kier molecular flexibility index (Phi) is 11.1. The van der Waals surface area contributed by atoms with E-state index in [0.717, 1.165) is 12.7 Å². The van der Waals surface area contributed by atoms with Crippen LogP contribution in [-0.4, -0.2) is 47.6 Å². The van der Waals surface area contributed by atoms with E-state index in [9.17, 15) is 4.79 Å². The molecule has 4 atom stereocenters. The van der Waals surface area contributed by atoms with Gasteiger partial charge in [0.2, 0.25) is 0 Å². The molecule has 0 amide bonds. The standard InChI is InChI=1S/C30H44O4Si/c1-23(21-31)19-25(3)29(33-8)28(32-7)20-24(2)22-34-35(30(4,5)6,26-15-11-9-12-16-26)27-17-13-10-14-18-27/h9-19,21,24-25,28-29H,20,22H2,1-8H3/b23-19+/t24-,25-,28-,29+/m0/s1. The first-order chi connectivity index (χ1) is 16.6. The van der Waals surface area contributed by atoms with Crippen molar-refractivity contribution in [3.63, 3.8) is 0 Å². The van der Waals surface area contributed by atoms with Gasteiger partial charge < -0.3 is 13.9 Å². The fourth-order valence-corrected chi connectivity index (χ4v) is 9.80. The van der Waals surface area contributed by atoms with Gasteiger partial charge in [0, 0.05) is 26.7 Å². The summed E-state index contributed by atoms with van der Waals surface area (Å²) in [4.78, 5) is 11.1. The molecular weight excluding hydrogens is 452 g/mol. The minimum atomic E-state index is -2.58. The summed E-state index contributed by atoms with van der Waals surface area (Å²) in [5.41, 5.74) is 0.706. The molecule has 0 bridgehead atoms. The molecule has 2 rings (SSSR count). The fraction of sp³-hybridized carbons (Fsp3) is 0.500. The van der Waals surface area contributed by atoms with Gasteiger partial charge in [-0.25, -0.2) is 0 Å². The number of carbonyl (C=O) groups is 1. The zero-order valence-corrected chi connectivity index (χ0v) is 23.8. The summed E-state index contributed by atoms with van der Waals surface area (Å²) in [6, 6.07) is 21.4. The van der Waals surface area contributed by atoms with Crippen LogP contribution in [0.2, 0.25) is 5.04 Å². The number of ether oxygens (including phenoxy) is 2. The Morgan fingerprint density at radius 2 is 1.43 bits per heavy atom. The molecule has 0 spiro atoms. The van der Waals surface area contributed by atoms with Crippen molar-refractivity contribution < 1.29 is 18.7 Å². The van der Waals surface area contributed by atoms with Gasteiger partial charge in [0.15, 0.2) is 0 Å². The minimum Gasteiger partial charge on any atom is -0.407 e. The van der Waals surface area contributed by atoms with Crippen LogP contribution in [-0.2, 0) is 18.7 Å². The van der Waals surface area contributed by atoms with Crippen LogP contribution >= 0.6 is 0 Å². The molecule has 0 heterocycles. The van der Waals surface area contributed by atoms with Crippen molar-refractivity contribution in [3.05, 3.63) is 72.3 Å². The summed E-state index contributed by atoms with van der Waals surface area (Å²) >= 11 is 0. The number of hydrogen-bond donors (Lipinski definition) is 0. The summed E-state index contributed by atoms with van der Waals surface area (Å²) in [6.07, 6.45) is 3.38. The summed E-state index contributed by atoms with van der Waals surface area (Å²) < 4.78 is 18.8. The summed E-state index contributed by atoms with van der Waals surface area (Å²) in [7, 11) is 0.863. The van der Waals surface area contributed by atoms with Crippen LogP contribution in [0.5, 0.6) is 0 Å². The van der Waals surface area contributed by atoms with Crippen molar-refractivity contribution in [1.82, 2.24) is 0 Å². The minimum absolute atomic E-state index is 0.0555. The quantitative estimate of drug-likeness (QED) is 0.212. The lowest BCUT2D eigenvalue weighted by Gasteiger charge is -2.43. The summed E-state index contributed by atoms with van der Waals surface area (Å²) in [5, 5.41) is 2.51. The van der Waals surface area contributed by atoms with Crippen molar-refractivity contribution in [2.24, 2.45) is 11.8 Å². The van der Waals surface area contributed by atoms with Gasteiger partial charge in [0.1, 0.15) is 6.29 Å². The van der Waals surface area contributed by atoms with E-state index in [4.69, 9.17) is 13.9 Å². The molecule has 192 valence electrons. The number of hydrogen-bond acceptors (Lipinski definition) is 4. The smallest absolute Gasteiger partial charge is 0.261 e. The SMILES string of the molecule is CO[C@@H]([C@H](C[C@H](C)CO[Si](c1ccccc1)(c1ccccc1)C(C)(C)C)OC)[C@@H](C)/C=C(\C)C=O. The predicted molar refractivity (Wildman–Crippen MR) is 148 cm³/mol. The predicted octanol–water partition coefficient (Wildman–Crippen LogP) is 5.40. The van der Waals surface area contributed by atoms with Crippen LogP contribution in [0.3, 0.4) is 0 Å². The number of carbonyl (C=O) groups excluding carboxylic acids is 1. The lowest BCUT2D eigenvalue weighted by atomic mass is 9.92. The molecule has 0 fully saturated rings. The Labute approximate surface area is 213 Å². The maximum absolute atomic E-state index is 11.1. The number of benzene rings is 2. The molecule has 0 unspecified atom stereocenters. The lowest BCUT2D eigenvalue weighted by molar-refractivity contribution is -0.105. The van der Waals surface area contributed by atoms with Crippen molar-refractivity contribution in [2.75, 3.05) is 20.8 Å². The van der Waals surface area contributed by atoms with Gasteiger partial charge in [-0.15, -0.1) is 0 Å². The van der Waals surface area contributed by atoms with Crippen LogP contribution < -0.4 is 10.4 Å². The lowest BCUT2D eigenvalue weighted by Crippen LogP contribution is -2.66. The highest BCUT2D eigenvalue weighted by Crippen LogP contribution is 2.37. The molecule has 0 aliphatic carbocycles. The second-order valence-electron chi connectivity index (χ2n) is 10.7. The van der Waals surface area contributed by atoms with Crippen LogP contribution in [0.1, 0.15) is 48.0 Å². The average Bonchev–Trinajstić information content (AvgIpc) is 2.84. The second-order valence-corrected chi connectivity index (χ2v) is 15.0. The Morgan fingerprint density at radius 1 is 0.914 bits per heavy atom. The fourth-order valence-electron chi connectivity index (χ4n) is 5.11. The number of rotatable bonds is 13. The molecule has 4 nitrogen and oxygen atoms in total. The van der Waals surface area contributed by atoms with Crippen LogP contribution in [0.15, 0.2) is 72.3 Å². The number of allylic oxidation sites excluding steroid dienone is 1. The molecule has 0 radical (unpaired) electrons. The van der Waals surface area contributed by atoms with Crippen LogP contribution in [0, 0.1) is 11.8 Å². The highest BCUT2D eigenvalue weighted by atomic mass is 28.4. The monoisotopic (exact) mass is 496 g/mol. The Balaban J connectivity index is 2.31. The van der Waals surface area contributed by atoms with E-state index in [1.807, 2.05) is 13.0 Å². The summed E-state index contributed by atoms with van der Waals surface area (Å²) in [6.45, 7) is 13.6. The van der Waals surface area contributed by atoms with Crippen molar-refractivity contribution in [1.29, 1.82) is 0 Å². The number of aldehydes is 1. The molecule has 0 aliphatic rings. The molecule has 5 heteroatoms. The Morgan fingerprint density at radius 3 is 1.83 bits per heavy atom. The third-order valence-electron chi connectivity index (χ3n) is 6.81. The normalized spacial score (nSPS) is 16.4. The van der Waals surface area contributed by atoms with E-state index < -0.39 is 8.32 Å². The first kappa shape index (κ1) is 29.2. The van der Waals surface area contributed by atoms with Gasteiger partial charge in [-0.2, -0.15) is 0 Å². The zero-order chi connectivity index (χ0) is 26.1. The molecule has 0 aromatic heterocycles. The Bertz CT molecular complexity index is 881. The summed E-state index contributed by atoms with van der Waals surface area (Å²) in [5.74, 6) is 0.308. The number of methoxy groups -OCH3 is 2. The van der Waals surface area contributed by atoms with Gasteiger partial charge in [0.05, 0.1) is 12.2 Å². The zero-order valence-electron chi connectivity index (χ0n) is 22.8. The maximum Gasteiger partial charge on any atom is 0.261 e. The molecule has 0 saturated heterocycles. The van der Waals surface area contributed by atoms with Crippen LogP contribution in [0.25, 0.3) is 0 Å². The third-order valence-corrected chi connectivity index (χ3v) is 11.8. The molecule has 2 aromatic carbocycles. The van der Waals surface area contributed by atoms with E-state index in [-0.39, 0.29) is 29.1 Å². The van der Waals surface area contributed by atoms with E-state index in [1.165, 1.54) is 10.4 Å².